The number of nitrogens with zero attached hydrogens (tertiary/aromatic N) is 3. The smallest absolute Gasteiger partial charge is 0.231 e. The minimum absolute atomic E-state index is 0.275. The summed E-state index contributed by atoms with van der Waals surface area (Å²) in [6.07, 6.45) is 2.09. The molecule has 0 unspecified atom stereocenters. The van der Waals surface area contributed by atoms with E-state index in [0.717, 1.165) is 40.6 Å². The first-order valence-electron chi connectivity index (χ1n) is 9.27. The van der Waals surface area contributed by atoms with E-state index in [1.54, 1.807) is 0 Å². The van der Waals surface area contributed by atoms with Crippen LogP contribution in [-0.2, 0) is 6.54 Å². The Balaban J connectivity index is 1.54. The highest BCUT2D eigenvalue weighted by atomic mass is 16.7. The molecule has 0 amide bonds. The Kier molecular flexibility index (Phi) is 3.23. The molecule has 0 N–H and O–H groups in total. The van der Waals surface area contributed by atoms with Crippen molar-refractivity contribution in [3.8, 4) is 22.8 Å². The lowest BCUT2D eigenvalue weighted by atomic mass is 10.1. The number of fused-ring (bicyclic) bond motifs is 4. The predicted molar refractivity (Wildman–Crippen MR) is 108 cm³/mol. The Bertz CT molecular complexity index is 1320. The lowest BCUT2D eigenvalue weighted by Gasteiger charge is -2.05. The zero-order valence-electron chi connectivity index (χ0n) is 15.1. The highest BCUT2D eigenvalue weighted by Gasteiger charge is 2.18. The summed E-state index contributed by atoms with van der Waals surface area (Å²) in [4.78, 5) is 4.97. The van der Waals surface area contributed by atoms with Crippen molar-refractivity contribution >= 4 is 16.8 Å². The molecule has 0 spiro atoms. The van der Waals surface area contributed by atoms with E-state index in [1.807, 2.05) is 24.3 Å². The zero-order valence-corrected chi connectivity index (χ0v) is 15.1. The van der Waals surface area contributed by atoms with Gasteiger partial charge in [0.2, 0.25) is 12.6 Å². The second-order valence-electron chi connectivity index (χ2n) is 6.92. The first kappa shape index (κ1) is 15.3. The normalized spacial score (nSPS) is 12.9. The summed E-state index contributed by atoms with van der Waals surface area (Å²) in [5.74, 6) is 2.48. The van der Waals surface area contributed by atoms with Crippen LogP contribution in [0.25, 0.3) is 28.1 Å². The van der Waals surface area contributed by atoms with Gasteiger partial charge in [0, 0.05) is 11.8 Å². The van der Waals surface area contributed by atoms with E-state index in [0.29, 0.717) is 0 Å². The van der Waals surface area contributed by atoms with Crippen LogP contribution in [-0.4, -0.2) is 20.7 Å². The van der Waals surface area contributed by atoms with Gasteiger partial charge in [0.15, 0.2) is 11.5 Å². The van der Waals surface area contributed by atoms with E-state index in [9.17, 15) is 0 Å². The second-order valence-corrected chi connectivity index (χ2v) is 6.92. The average molecular weight is 367 g/mol. The first-order chi connectivity index (χ1) is 13.9. The monoisotopic (exact) mass is 367 g/mol. The van der Waals surface area contributed by atoms with E-state index in [2.05, 4.69) is 63.7 Å². The zero-order chi connectivity index (χ0) is 18.5. The molecule has 5 aromatic rings. The van der Waals surface area contributed by atoms with Gasteiger partial charge in [0.1, 0.15) is 0 Å². The minimum atomic E-state index is 0.275. The van der Waals surface area contributed by atoms with Crippen LogP contribution in [0.1, 0.15) is 5.56 Å². The van der Waals surface area contributed by atoms with E-state index in [-0.39, 0.29) is 6.79 Å². The van der Waals surface area contributed by atoms with Crippen molar-refractivity contribution in [1.82, 2.24) is 14.0 Å². The Labute approximate surface area is 161 Å². The van der Waals surface area contributed by atoms with Crippen LogP contribution in [0.3, 0.4) is 0 Å². The third kappa shape index (κ3) is 2.29. The minimum Gasteiger partial charge on any atom is -0.454 e. The summed E-state index contributed by atoms with van der Waals surface area (Å²) in [6, 6.07) is 24.9. The van der Waals surface area contributed by atoms with Crippen molar-refractivity contribution in [2.45, 2.75) is 6.54 Å². The Morgan fingerprint density at radius 2 is 1.61 bits per heavy atom. The summed E-state index contributed by atoms with van der Waals surface area (Å²) in [7, 11) is 0. The topological polar surface area (TPSA) is 40.7 Å². The maximum absolute atomic E-state index is 5.53. The molecule has 0 aliphatic carbocycles. The van der Waals surface area contributed by atoms with E-state index >= 15 is 0 Å². The highest BCUT2D eigenvalue weighted by molar-refractivity contribution is 5.82. The Morgan fingerprint density at radius 1 is 0.821 bits per heavy atom. The van der Waals surface area contributed by atoms with Crippen molar-refractivity contribution in [2.24, 2.45) is 0 Å². The molecule has 0 radical (unpaired) electrons. The molecular formula is C23H17N3O2. The molecule has 0 atom stereocenters. The lowest BCUT2D eigenvalue weighted by molar-refractivity contribution is 0.174. The first-order valence-corrected chi connectivity index (χ1v) is 9.27. The number of rotatable bonds is 3. The van der Waals surface area contributed by atoms with Gasteiger partial charge in [-0.2, -0.15) is 0 Å². The molecule has 6 rings (SSSR count). The molecule has 0 fully saturated rings. The molecule has 5 nitrogen and oxygen atoms in total. The molecule has 5 heteroatoms. The fourth-order valence-corrected chi connectivity index (χ4v) is 3.86. The van der Waals surface area contributed by atoms with Crippen LogP contribution in [0.15, 0.2) is 79.0 Å². The van der Waals surface area contributed by atoms with Crippen molar-refractivity contribution in [3.63, 3.8) is 0 Å². The van der Waals surface area contributed by atoms with E-state index in [4.69, 9.17) is 14.5 Å². The van der Waals surface area contributed by atoms with Crippen molar-refractivity contribution in [1.29, 1.82) is 0 Å². The molecule has 28 heavy (non-hydrogen) atoms. The third-order valence-electron chi connectivity index (χ3n) is 5.21. The molecule has 2 aromatic heterocycles. The second kappa shape index (κ2) is 5.89. The molecule has 0 bridgehead atoms. The number of hydrogen-bond donors (Lipinski definition) is 0. The van der Waals surface area contributed by atoms with Gasteiger partial charge in [-0.25, -0.2) is 4.98 Å². The van der Waals surface area contributed by atoms with Crippen molar-refractivity contribution in [2.75, 3.05) is 6.79 Å². The van der Waals surface area contributed by atoms with Gasteiger partial charge in [-0.3, -0.25) is 4.40 Å². The third-order valence-corrected chi connectivity index (χ3v) is 5.21. The number of aromatic nitrogens is 3. The summed E-state index contributed by atoms with van der Waals surface area (Å²) in [6.45, 7) is 1.05. The number of para-hydroxylation sites is 2. The van der Waals surface area contributed by atoms with Gasteiger partial charge >= 0.3 is 0 Å². The summed E-state index contributed by atoms with van der Waals surface area (Å²) in [5, 5.41) is 0. The summed E-state index contributed by atoms with van der Waals surface area (Å²) < 4.78 is 15.4. The van der Waals surface area contributed by atoms with Gasteiger partial charge in [-0.05, 0) is 35.9 Å². The van der Waals surface area contributed by atoms with Crippen molar-refractivity contribution in [3.05, 3.63) is 84.6 Å². The van der Waals surface area contributed by atoms with Gasteiger partial charge < -0.3 is 14.0 Å². The summed E-state index contributed by atoms with van der Waals surface area (Å²) >= 11 is 0. The van der Waals surface area contributed by atoms with Crippen LogP contribution in [0.5, 0.6) is 11.5 Å². The maximum atomic E-state index is 5.53. The van der Waals surface area contributed by atoms with Gasteiger partial charge in [0.25, 0.3) is 0 Å². The lowest BCUT2D eigenvalue weighted by Crippen LogP contribution is -2.00. The van der Waals surface area contributed by atoms with Crippen LogP contribution in [0.4, 0.5) is 0 Å². The molecule has 3 heterocycles. The van der Waals surface area contributed by atoms with E-state index < -0.39 is 0 Å². The molecule has 136 valence electrons. The number of benzene rings is 3. The fourth-order valence-electron chi connectivity index (χ4n) is 3.86. The molecule has 0 saturated heterocycles. The predicted octanol–water partition coefficient (Wildman–Crippen LogP) is 4.73. The van der Waals surface area contributed by atoms with Gasteiger partial charge in [-0.15, -0.1) is 0 Å². The molecule has 1 aliphatic heterocycles. The van der Waals surface area contributed by atoms with Crippen LogP contribution >= 0.6 is 0 Å². The van der Waals surface area contributed by atoms with Gasteiger partial charge in [-0.1, -0.05) is 42.5 Å². The molecule has 3 aromatic carbocycles. The van der Waals surface area contributed by atoms with Gasteiger partial charge in [0.05, 0.1) is 23.3 Å². The Morgan fingerprint density at radius 3 is 2.50 bits per heavy atom. The van der Waals surface area contributed by atoms with Crippen LogP contribution in [0.2, 0.25) is 0 Å². The summed E-state index contributed by atoms with van der Waals surface area (Å²) in [5.41, 5.74) is 5.50. The number of hydrogen-bond acceptors (Lipinski definition) is 3. The molecule has 1 aliphatic rings. The number of imidazole rings is 2. The largest absolute Gasteiger partial charge is 0.454 e. The standard InChI is InChI=1S/C23H17N3O2/c1-2-6-16(7-3-1)13-25-19-8-4-5-9-20(19)26-14-18(24-23(25)26)17-10-11-21-22(12-17)28-15-27-21/h1-12,14H,13,15H2. The highest BCUT2D eigenvalue weighted by Crippen LogP contribution is 2.36. The van der Waals surface area contributed by atoms with Crippen molar-refractivity contribution < 1.29 is 9.47 Å². The fraction of sp³-hybridized carbons (Fsp3) is 0.0870. The SMILES string of the molecule is c1ccc(Cn2c3ccccc3n3cc(-c4ccc5c(c4)OCO5)nc23)cc1. The number of ether oxygens (including phenoxy) is 2. The van der Waals surface area contributed by atoms with Crippen LogP contribution < -0.4 is 9.47 Å². The molecular weight excluding hydrogens is 350 g/mol. The Hall–Kier alpha value is -3.73. The quantitative estimate of drug-likeness (QED) is 0.463. The molecule has 0 saturated carbocycles. The average Bonchev–Trinajstić information content (AvgIpc) is 3.44. The van der Waals surface area contributed by atoms with E-state index in [1.165, 1.54) is 11.1 Å². The van der Waals surface area contributed by atoms with Crippen LogP contribution in [0, 0.1) is 0 Å². The maximum Gasteiger partial charge on any atom is 0.231 e.